The molecule has 1 aromatic carbocycles. The number of pyridine rings is 1. The summed E-state index contributed by atoms with van der Waals surface area (Å²) >= 11 is 12.3. The smallest absolute Gasteiger partial charge is 0.314 e. The van der Waals surface area contributed by atoms with Gasteiger partial charge in [-0.2, -0.15) is 0 Å². The van der Waals surface area contributed by atoms with E-state index in [0.29, 0.717) is 16.0 Å². The highest BCUT2D eigenvalue weighted by Gasteiger charge is 2.20. The van der Waals surface area contributed by atoms with E-state index in [2.05, 4.69) is 32.7 Å². The summed E-state index contributed by atoms with van der Waals surface area (Å²) in [6.45, 7) is 5.69. The fourth-order valence-electron chi connectivity index (χ4n) is 3.61. The monoisotopic (exact) mass is 420 g/mol. The number of carbonyl (C=O) groups excluding carboxylic acids is 1. The van der Waals surface area contributed by atoms with Crippen molar-refractivity contribution in [2.45, 2.75) is 26.3 Å². The predicted octanol–water partition coefficient (Wildman–Crippen LogP) is 4.50. The van der Waals surface area contributed by atoms with Crippen LogP contribution in [0.25, 0.3) is 11.3 Å². The summed E-state index contributed by atoms with van der Waals surface area (Å²) in [5, 5.41) is 6.73. The molecule has 0 spiro atoms. The van der Waals surface area contributed by atoms with Gasteiger partial charge in [-0.15, -0.1) is 0 Å². The molecule has 2 N–H and O–H groups in total. The first-order valence-corrected chi connectivity index (χ1v) is 10.3. The lowest BCUT2D eigenvalue weighted by molar-refractivity contribution is 0.175. The Balaban J connectivity index is 1.62. The number of nitrogens with one attached hydrogen (secondary N) is 2. The molecule has 0 unspecified atom stereocenters. The highest BCUT2D eigenvalue weighted by Crippen LogP contribution is 2.27. The second kappa shape index (κ2) is 9.59. The SMILES string of the molecule is CNC(=O)NCC1CCN(Cc2cc(C)nc(-c3cc(Cl)cc(Cl)c3)c2)CC1. The first kappa shape index (κ1) is 20.9. The molecule has 0 atom stereocenters. The topological polar surface area (TPSA) is 57.3 Å². The fraction of sp³-hybridized carbons (Fsp3) is 0.429. The Morgan fingerprint density at radius 3 is 2.46 bits per heavy atom. The molecule has 150 valence electrons. The minimum absolute atomic E-state index is 0.108. The number of hydrogen-bond donors (Lipinski definition) is 2. The molecule has 0 bridgehead atoms. The molecule has 2 aromatic rings. The van der Waals surface area contributed by atoms with E-state index in [4.69, 9.17) is 23.2 Å². The first-order chi connectivity index (χ1) is 13.4. The van der Waals surface area contributed by atoms with Gasteiger partial charge in [0.1, 0.15) is 0 Å². The number of piperidine rings is 1. The van der Waals surface area contributed by atoms with Crippen LogP contribution in [-0.4, -0.2) is 42.6 Å². The van der Waals surface area contributed by atoms with Crippen LogP contribution in [0, 0.1) is 12.8 Å². The predicted molar refractivity (Wildman–Crippen MR) is 115 cm³/mol. The number of benzene rings is 1. The number of likely N-dealkylation sites (tertiary alicyclic amines) is 1. The van der Waals surface area contributed by atoms with Crippen molar-refractivity contribution in [1.82, 2.24) is 20.5 Å². The van der Waals surface area contributed by atoms with Crippen LogP contribution < -0.4 is 10.6 Å². The molecule has 1 saturated heterocycles. The van der Waals surface area contributed by atoms with E-state index in [1.54, 1.807) is 13.1 Å². The van der Waals surface area contributed by atoms with Gasteiger partial charge in [-0.05, 0) is 74.7 Å². The van der Waals surface area contributed by atoms with Crippen LogP contribution in [0.2, 0.25) is 10.0 Å². The molecule has 1 aromatic heterocycles. The van der Waals surface area contributed by atoms with Gasteiger partial charge in [0.05, 0.1) is 5.69 Å². The quantitative estimate of drug-likeness (QED) is 0.747. The van der Waals surface area contributed by atoms with E-state index in [1.165, 1.54) is 5.56 Å². The van der Waals surface area contributed by atoms with E-state index in [9.17, 15) is 4.79 Å². The Morgan fingerprint density at radius 1 is 1.14 bits per heavy atom. The molecular weight excluding hydrogens is 395 g/mol. The van der Waals surface area contributed by atoms with Crippen LogP contribution in [0.1, 0.15) is 24.1 Å². The molecule has 0 aliphatic carbocycles. The van der Waals surface area contributed by atoms with Crippen LogP contribution in [0.5, 0.6) is 0 Å². The van der Waals surface area contributed by atoms with Gasteiger partial charge in [-0.25, -0.2) is 4.79 Å². The van der Waals surface area contributed by atoms with Crippen LogP contribution in [0.3, 0.4) is 0 Å². The number of halogens is 2. The zero-order valence-electron chi connectivity index (χ0n) is 16.3. The van der Waals surface area contributed by atoms with Crippen LogP contribution in [0.15, 0.2) is 30.3 Å². The van der Waals surface area contributed by atoms with Gasteiger partial charge in [-0.1, -0.05) is 23.2 Å². The molecule has 7 heteroatoms. The van der Waals surface area contributed by atoms with E-state index < -0.39 is 0 Å². The maximum Gasteiger partial charge on any atom is 0.314 e. The summed E-state index contributed by atoms with van der Waals surface area (Å²) in [6.07, 6.45) is 2.18. The van der Waals surface area contributed by atoms with Gasteiger partial charge in [-0.3, -0.25) is 9.88 Å². The lowest BCUT2D eigenvalue weighted by atomic mass is 9.96. The van der Waals surface area contributed by atoms with Gasteiger partial charge in [0.15, 0.2) is 0 Å². The number of rotatable bonds is 5. The average molecular weight is 421 g/mol. The normalized spacial score (nSPS) is 15.4. The van der Waals surface area contributed by atoms with Gasteiger partial charge in [0.2, 0.25) is 0 Å². The van der Waals surface area contributed by atoms with Gasteiger partial charge >= 0.3 is 6.03 Å². The average Bonchev–Trinajstić information content (AvgIpc) is 2.66. The number of hydrogen-bond acceptors (Lipinski definition) is 3. The van der Waals surface area contributed by atoms with Crippen molar-refractivity contribution in [2.75, 3.05) is 26.7 Å². The Morgan fingerprint density at radius 2 is 1.82 bits per heavy atom. The number of nitrogens with zero attached hydrogens (tertiary/aromatic N) is 2. The van der Waals surface area contributed by atoms with E-state index in [-0.39, 0.29) is 6.03 Å². The zero-order chi connectivity index (χ0) is 20.1. The fourth-order valence-corrected chi connectivity index (χ4v) is 4.14. The molecule has 3 rings (SSSR count). The highest BCUT2D eigenvalue weighted by molar-refractivity contribution is 6.35. The summed E-state index contributed by atoms with van der Waals surface area (Å²) < 4.78 is 0. The lowest BCUT2D eigenvalue weighted by Crippen LogP contribution is -2.40. The van der Waals surface area contributed by atoms with Crippen LogP contribution >= 0.6 is 23.2 Å². The summed E-state index contributed by atoms with van der Waals surface area (Å²) in [7, 11) is 1.64. The van der Waals surface area contributed by atoms with E-state index in [0.717, 1.165) is 56.0 Å². The van der Waals surface area contributed by atoms with E-state index in [1.807, 2.05) is 19.1 Å². The number of carbonyl (C=O) groups is 1. The molecule has 1 fully saturated rings. The molecule has 28 heavy (non-hydrogen) atoms. The number of urea groups is 1. The van der Waals surface area contributed by atoms with Crippen molar-refractivity contribution in [2.24, 2.45) is 5.92 Å². The van der Waals surface area contributed by atoms with Crippen LogP contribution in [0.4, 0.5) is 4.79 Å². The van der Waals surface area contributed by atoms with Crippen molar-refractivity contribution in [1.29, 1.82) is 0 Å². The summed E-state index contributed by atoms with van der Waals surface area (Å²) in [5.74, 6) is 0.539. The molecule has 0 saturated carbocycles. The number of aryl methyl sites for hydroxylation is 1. The summed E-state index contributed by atoms with van der Waals surface area (Å²) in [5.41, 5.74) is 4.04. The lowest BCUT2D eigenvalue weighted by Gasteiger charge is -2.32. The van der Waals surface area contributed by atoms with Crippen molar-refractivity contribution in [3.8, 4) is 11.3 Å². The van der Waals surface area contributed by atoms with Gasteiger partial charge in [0.25, 0.3) is 0 Å². The van der Waals surface area contributed by atoms with Crippen LogP contribution in [-0.2, 0) is 6.54 Å². The van der Waals surface area contributed by atoms with Crippen molar-refractivity contribution in [3.63, 3.8) is 0 Å². The Hall–Kier alpha value is -1.82. The molecule has 5 nitrogen and oxygen atoms in total. The Kier molecular flexibility index (Phi) is 7.16. The standard InChI is InChI=1S/C21H26Cl2N4O/c1-14-7-16(8-20(26-14)17-9-18(22)11-19(23)10-17)13-27-5-3-15(4-6-27)12-25-21(28)24-2/h7-11,15H,3-6,12-13H2,1-2H3,(H2,24,25,28). The minimum Gasteiger partial charge on any atom is -0.341 e. The second-order valence-electron chi connectivity index (χ2n) is 7.34. The third-order valence-electron chi connectivity index (χ3n) is 5.06. The Bertz CT molecular complexity index is 815. The molecule has 1 aliphatic heterocycles. The minimum atomic E-state index is -0.108. The zero-order valence-corrected chi connectivity index (χ0v) is 17.8. The first-order valence-electron chi connectivity index (χ1n) is 9.55. The highest BCUT2D eigenvalue weighted by atomic mass is 35.5. The molecule has 1 aliphatic rings. The van der Waals surface area contributed by atoms with Gasteiger partial charge < -0.3 is 10.6 Å². The van der Waals surface area contributed by atoms with E-state index >= 15 is 0 Å². The maximum atomic E-state index is 11.3. The number of amides is 2. The Labute approximate surface area is 176 Å². The summed E-state index contributed by atoms with van der Waals surface area (Å²) in [6, 6.07) is 9.66. The van der Waals surface area contributed by atoms with Crippen molar-refractivity contribution < 1.29 is 4.79 Å². The molecule has 2 heterocycles. The third kappa shape index (κ3) is 5.84. The molecule has 0 radical (unpaired) electrons. The summed E-state index contributed by atoms with van der Waals surface area (Å²) in [4.78, 5) is 18.4. The van der Waals surface area contributed by atoms with Gasteiger partial charge in [0, 0.05) is 41.4 Å². The molecular formula is C21H26Cl2N4O. The second-order valence-corrected chi connectivity index (χ2v) is 8.21. The van der Waals surface area contributed by atoms with Crippen molar-refractivity contribution >= 4 is 29.2 Å². The van der Waals surface area contributed by atoms with Crippen molar-refractivity contribution in [3.05, 3.63) is 51.6 Å². The third-order valence-corrected chi connectivity index (χ3v) is 5.50. The molecule has 2 amide bonds. The maximum absolute atomic E-state index is 11.3. The number of aromatic nitrogens is 1. The largest absolute Gasteiger partial charge is 0.341 e.